The van der Waals surface area contributed by atoms with Crippen LogP contribution in [0.15, 0.2) is 70.9 Å². The van der Waals surface area contributed by atoms with E-state index in [0.29, 0.717) is 18.1 Å². The van der Waals surface area contributed by atoms with Crippen molar-refractivity contribution >= 4 is 29.3 Å². The normalized spacial score (nSPS) is 16.3. The summed E-state index contributed by atoms with van der Waals surface area (Å²) in [5, 5.41) is 11.7. The third-order valence-corrected chi connectivity index (χ3v) is 6.10. The predicted molar refractivity (Wildman–Crippen MR) is 129 cm³/mol. The van der Waals surface area contributed by atoms with Crippen LogP contribution < -0.4 is 11.1 Å². The van der Waals surface area contributed by atoms with Gasteiger partial charge in [-0.05, 0) is 24.5 Å². The number of thioether (sulfide) groups is 1. The molecule has 3 rings (SSSR count). The van der Waals surface area contributed by atoms with Crippen molar-refractivity contribution in [3.63, 3.8) is 0 Å². The molecule has 0 bridgehead atoms. The highest BCUT2D eigenvalue weighted by atomic mass is 32.2. The van der Waals surface area contributed by atoms with Gasteiger partial charge in [0, 0.05) is 11.7 Å². The van der Waals surface area contributed by atoms with Gasteiger partial charge in [0.25, 0.3) is 0 Å². The van der Waals surface area contributed by atoms with E-state index in [0.717, 1.165) is 22.6 Å². The molecule has 0 saturated heterocycles. The molecule has 6 nitrogen and oxygen atoms in total. The summed E-state index contributed by atoms with van der Waals surface area (Å²) in [6, 6.07) is 19.7. The van der Waals surface area contributed by atoms with E-state index in [1.807, 2.05) is 55.5 Å². The van der Waals surface area contributed by atoms with E-state index >= 15 is 0 Å². The standard InChI is InChI=1S/C24H30N4O2S/c1-17(2)31-22(26-23(29)30-16-19-12-8-5-9-13-19)20-14-21(28-27-20)24(3,25)15-18-10-6-4-7-11-18/h4-13,17,22H,14-16,25H2,1-3H3,(H,26,29)/t22?,24-/m1/s1. The van der Waals surface area contributed by atoms with Crippen molar-refractivity contribution in [3.05, 3.63) is 71.8 Å². The molecular weight excluding hydrogens is 408 g/mol. The zero-order valence-corrected chi connectivity index (χ0v) is 19.1. The van der Waals surface area contributed by atoms with Gasteiger partial charge in [-0.1, -0.05) is 74.5 Å². The molecule has 1 amide bonds. The van der Waals surface area contributed by atoms with E-state index in [9.17, 15) is 4.79 Å². The first-order valence-corrected chi connectivity index (χ1v) is 11.4. The van der Waals surface area contributed by atoms with Gasteiger partial charge in [0.1, 0.15) is 12.0 Å². The van der Waals surface area contributed by atoms with Gasteiger partial charge in [-0.3, -0.25) is 0 Å². The third kappa shape index (κ3) is 6.94. The Morgan fingerprint density at radius 1 is 1.10 bits per heavy atom. The summed E-state index contributed by atoms with van der Waals surface area (Å²) >= 11 is 1.61. The van der Waals surface area contributed by atoms with Crippen molar-refractivity contribution < 1.29 is 9.53 Å². The fourth-order valence-corrected chi connectivity index (χ4v) is 4.29. The molecule has 1 aliphatic heterocycles. The molecule has 0 saturated carbocycles. The Hall–Kier alpha value is -2.64. The van der Waals surface area contributed by atoms with Gasteiger partial charge in [-0.15, -0.1) is 11.8 Å². The second kappa shape index (κ2) is 10.6. The van der Waals surface area contributed by atoms with Crippen molar-refractivity contribution in [2.75, 3.05) is 0 Å². The topological polar surface area (TPSA) is 89.1 Å². The summed E-state index contributed by atoms with van der Waals surface area (Å²) in [6.07, 6.45) is 0.727. The van der Waals surface area contributed by atoms with Crippen LogP contribution in [0.2, 0.25) is 0 Å². The predicted octanol–water partition coefficient (Wildman–Crippen LogP) is 4.54. The van der Waals surface area contributed by atoms with Crippen molar-refractivity contribution in [2.45, 2.75) is 56.4 Å². The van der Waals surface area contributed by atoms with E-state index < -0.39 is 11.6 Å². The number of nitrogens with one attached hydrogen (secondary N) is 1. The number of alkyl carbamates (subject to hydrolysis) is 1. The van der Waals surface area contributed by atoms with Gasteiger partial charge in [-0.25, -0.2) is 4.79 Å². The van der Waals surface area contributed by atoms with Crippen molar-refractivity contribution in [3.8, 4) is 0 Å². The first-order chi connectivity index (χ1) is 14.8. The number of hydrogen-bond donors (Lipinski definition) is 2. The molecule has 0 aliphatic carbocycles. The summed E-state index contributed by atoms with van der Waals surface area (Å²) in [6.45, 7) is 6.35. The number of ether oxygens (including phenoxy) is 1. The number of nitrogens with two attached hydrogens (primary N) is 1. The van der Waals surface area contributed by atoms with Crippen LogP contribution in [-0.2, 0) is 17.8 Å². The first-order valence-electron chi connectivity index (χ1n) is 10.4. The van der Waals surface area contributed by atoms with E-state index in [1.54, 1.807) is 11.8 Å². The molecule has 3 N–H and O–H groups in total. The van der Waals surface area contributed by atoms with Crippen molar-refractivity contribution in [1.29, 1.82) is 0 Å². The fourth-order valence-electron chi connectivity index (χ4n) is 3.29. The number of nitrogens with zero attached hydrogens (tertiary/aromatic N) is 2. The molecule has 1 unspecified atom stereocenters. The largest absolute Gasteiger partial charge is 0.445 e. The van der Waals surface area contributed by atoms with Crippen LogP contribution in [0.1, 0.15) is 38.3 Å². The quantitative estimate of drug-likeness (QED) is 0.563. The maximum atomic E-state index is 12.4. The SMILES string of the molecule is CC(C)SC(NC(=O)OCc1ccccc1)C1=NN=C([C@](C)(N)Cc2ccccc2)C1. The summed E-state index contributed by atoms with van der Waals surface area (Å²) in [7, 11) is 0. The van der Waals surface area contributed by atoms with Crippen LogP contribution in [-0.4, -0.2) is 33.7 Å². The lowest BCUT2D eigenvalue weighted by molar-refractivity contribution is 0.140. The minimum atomic E-state index is -0.618. The third-order valence-electron chi connectivity index (χ3n) is 4.89. The van der Waals surface area contributed by atoms with Crippen LogP contribution in [0.5, 0.6) is 0 Å². The molecule has 2 aromatic rings. The Bertz CT molecular complexity index is 927. The van der Waals surface area contributed by atoms with E-state index in [2.05, 4.69) is 41.5 Å². The Labute approximate surface area is 188 Å². The molecule has 1 heterocycles. The zero-order valence-electron chi connectivity index (χ0n) is 18.2. The van der Waals surface area contributed by atoms with Crippen LogP contribution >= 0.6 is 11.8 Å². The lowest BCUT2D eigenvalue weighted by Gasteiger charge is -2.26. The summed E-state index contributed by atoms with van der Waals surface area (Å²) in [5.74, 6) is 0. The monoisotopic (exact) mass is 438 g/mol. The Morgan fingerprint density at radius 2 is 1.71 bits per heavy atom. The lowest BCUT2D eigenvalue weighted by atomic mass is 9.87. The minimum Gasteiger partial charge on any atom is -0.445 e. The van der Waals surface area contributed by atoms with Gasteiger partial charge in [0.2, 0.25) is 0 Å². The number of benzene rings is 2. The molecule has 7 heteroatoms. The lowest BCUT2D eigenvalue weighted by Crippen LogP contribution is -2.48. The molecule has 0 radical (unpaired) electrons. The molecule has 164 valence electrons. The second-order valence-corrected chi connectivity index (χ2v) is 9.85. The smallest absolute Gasteiger partial charge is 0.408 e. The van der Waals surface area contributed by atoms with Crippen LogP contribution in [0, 0.1) is 0 Å². The highest BCUT2D eigenvalue weighted by Gasteiger charge is 2.33. The van der Waals surface area contributed by atoms with Crippen molar-refractivity contribution in [1.82, 2.24) is 5.32 Å². The average molecular weight is 439 g/mol. The number of hydrogen-bond acceptors (Lipinski definition) is 6. The highest BCUT2D eigenvalue weighted by Crippen LogP contribution is 2.25. The maximum absolute atomic E-state index is 12.4. The average Bonchev–Trinajstić information content (AvgIpc) is 3.24. The molecule has 2 aromatic carbocycles. The van der Waals surface area contributed by atoms with Crippen molar-refractivity contribution in [2.24, 2.45) is 15.9 Å². The Morgan fingerprint density at radius 3 is 2.32 bits per heavy atom. The molecule has 31 heavy (non-hydrogen) atoms. The summed E-state index contributed by atoms with van der Waals surface area (Å²) in [5.41, 5.74) is 9.69. The van der Waals surface area contributed by atoms with Gasteiger partial charge >= 0.3 is 6.09 Å². The van der Waals surface area contributed by atoms with Gasteiger partial charge < -0.3 is 15.8 Å². The number of carbonyl (C=O) groups excluding carboxylic acids is 1. The van der Waals surface area contributed by atoms with E-state index in [1.165, 1.54) is 0 Å². The molecule has 0 spiro atoms. The fraction of sp³-hybridized carbons (Fsp3) is 0.375. The minimum absolute atomic E-state index is 0.220. The van der Waals surface area contributed by atoms with Gasteiger partial charge in [0.15, 0.2) is 0 Å². The Balaban J connectivity index is 1.59. The highest BCUT2D eigenvalue weighted by molar-refractivity contribution is 8.01. The Kier molecular flexibility index (Phi) is 7.87. The summed E-state index contributed by atoms with van der Waals surface area (Å²) < 4.78 is 5.39. The van der Waals surface area contributed by atoms with Crippen LogP contribution in [0.25, 0.3) is 0 Å². The molecule has 2 atom stereocenters. The van der Waals surface area contributed by atoms with Gasteiger partial charge in [-0.2, -0.15) is 10.2 Å². The number of rotatable bonds is 9. The van der Waals surface area contributed by atoms with Crippen LogP contribution in [0.4, 0.5) is 4.79 Å². The molecule has 1 aliphatic rings. The molecule has 0 fully saturated rings. The second-order valence-electron chi connectivity index (χ2n) is 8.17. The van der Waals surface area contributed by atoms with Gasteiger partial charge in [0.05, 0.1) is 17.0 Å². The number of amides is 1. The van der Waals surface area contributed by atoms with E-state index in [-0.39, 0.29) is 12.0 Å². The zero-order chi connectivity index (χ0) is 22.3. The number of carbonyl (C=O) groups is 1. The molecular formula is C24H30N4O2S. The molecule has 0 aromatic heterocycles. The maximum Gasteiger partial charge on any atom is 0.408 e. The van der Waals surface area contributed by atoms with E-state index in [4.69, 9.17) is 10.5 Å². The first kappa shape index (κ1) is 23.0. The summed E-state index contributed by atoms with van der Waals surface area (Å²) in [4.78, 5) is 12.4. The van der Waals surface area contributed by atoms with Crippen LogP contribution in [0.3, 0.4) is 0 Å².